The number of benzene rings is 1. The monoisotopic (exact) mass is 293 g/mol. The number of carbonyl (C=O) groups excluding carboxylic acids is 1. The lowest BCUT2D eigenvalue weighted by molar-refractivity contribution is -0.142. The average molecular weight is 294 g/mol. The molecule has 1 amide bonds. The normalized spacial score (nSPS) is 10.3. The number of halogens is 3. The maximum Gasteiger partial charge on any atom is 0.329 e. The van der Waals surface area contributed by atoms with Crippen LogP contribution in [0.5, 0.6) is 0 Å². The van der Waals surface area contributed by atoms with E-state index in [1.54, 1.807) is 0 Å². The van der Waals surface area contributed by atoms with E-state index in [1.807, 2.05) is 0 Å². The van der Waals surface area contributed by atoms with Gasteiger partial charge in [-0.3, -0.25) is 4.79 Å². The standard InChI is InChI=1S/C11H10ClF2NO4/c12-7-4-8(13)6(3-9(7)14)11(18)15-1-2-19-5-10(16)17/h3-4H,1-2,5H2,(H,15,18)(H,16,17). The van der Waals surface area contributed by atoms with Gasteiger partial charge in [-0.2, -0.15) is 0 Å². The van der Waals surface area contributed by atoms with Gasteiger partial charge in [0, 0.05) is 6.54 Å². The van der Waals surface area contributed by atoms with E-state index in [0.717, 1.165) is 0 Å². The van der Waals surface area contributed by atoms with Crippen LogP contribution in [0.25, 0.3) is 0 Å². The number of carboxylic acid groups (broad SMARTS) is 1. The van der Waals surface area contributed by atoms with Gasteiger partial charge in [-0.1, -0.05) is 11.6 Å². The summed E-state index contributed by atoms with van der Waals surface area (Å²) in [7, 11) is 0. The molecule has 0 aliphatic carbocycles. The number of aliphatic carboxylic acids is 1. The van der Waals surface area contributed by atoms with Crippen molar-refractivity contribution in [1.82, 2.24) is 5.32 Å². The minimum atomic E-state index is -1.14. The van der Waals surface area contributed by atoms with Gasteiger partial charge in [-0.15, -0.1) is 0 Å². The fourth-order valence-corrected chi connectivity index (χ4v) is 1.34. The summed E-state index contributed by atoms with van der Waals surface area (Å²) in [5.41, 5.74) is -0.486. The Kier molecular flexibility index (Phi) is 5.65. The maximum atomic E-state index is 13.3. The van der Waals surface area contributed by atoms with Gasteiger partial charge in [0.15, 0.2) is 0 Å². The maximum absolute atomic E-state index is 13.3. The zero-order chi connectivity index (χ0) is 14.4. The van der Waals surface area contributed by atoms with Crippen molar-refractivity contribution in [3.05, 3.63) is 34.4 Å². The lowest BCUT2D eigenvalue weighted by Crippen LogP contribution is -2.28. The van der Waals surface area contributed by atoms with Crippen LogP contribution in [0.4, 0.5) is 8.78 Å². The molecule has 5 nitrogen and oxygen atoms in total. The third-order valence-corrected chi connectivity index (χ3v) is 2.30. The van der Waals surface area contributed by atoms with Crippen LogP contribution in [0.2, 0.25) is 5.02 Å². The molecular weight excluding hydrogens is 284 g/mol. The number of amides is 1. The zero-order valence-electron chi connectivity index (χ0n) is 9.58. The van der Waals surface area contributed by atoms with Crippen molar-refractivity contribution in [3.8, 4) is 0 Å². The minimum absolute atomic E-state index is 0.0319. The Hall–Kier alpha value is -1.73. The molecule has 0 aliphatic heterocycles. The van der Waals surface area contributed by atoms with Crippen LogP contribution in [-0.2, 0) is 9.53 Å². The summed E-state index contributed by atoms with van der Waals surface area (Å²) < 4.78 is 31.1. The molecule has 0 atom stereocenters. The number of ether oxygens (including phenoxy) is 1. The Morgan fingerprint density at radius 2 is 2.00 bits per heavy atom. The van der Waals surface area contributed by atoms with E-state index in [-0.39, 0.29) is 13.2 Å². The van der Waals surface area contributed by atoms with Gasteiger partial charge in [-0.05, 0) is 12.1 Å². The summed E-state index contributed by atoms with van der Waals surface area (Å²) in [6.45, 7) is -0.592. The molecule has 0 radical (unpaired) electrons. The molecule has 0 saturated carbocycles. The Morgan fingerprint density at radius 1 is 1.32 bits per heavy atom. The number of hydrogen-bond donors (Lipinski definition) is 2. The van der Waals surface area contributed by atoms with Crippen LogP contribution < -0.4 is 5.32 Å². The van der Waals surface area contributed by atoms with Crippen LogP contribution in [0.3, 0.4) is 0 Å². The molecular formula is C11H10ClF2NO4. The Labute approximate surface area is 112 Å². The van der Waals surface area contributed by atoms with Crippen molar-refractivity contribution in [2.24, 2.45) is 0 Å². The Bertz CT molecular complexity index is 496. The largest absolute Gasteiger partial charge is 0.480 e. The molecule has 0 heterocycles. The van der Waals surface area contributed by atoms with Gasteiger partial charge in [0.1, 0.15) is 18.2 Å². The first-order valence-corrected chi connectivity index (χ1v) is 5.52. The Morgan fingerprint density at radius 3 is 2.63 bits per heavy atom. The highest BCUT2D eigenvalue weighted by atomic mass is 35.5. The van der Waals surface area contributed by atoms with Gasteiger partial charge in [-0.25, -0.2) is 13.6 Å². The summed E-state index contributed by atoms with van der Waals surface area (Å²) in [5, 5.41) is 10.1. The molecule has 1 rings (SSSR count). The second-order valence-electron chi connectivity index (χ2n) is 3.45. The van der Waals surface area contributed by atoms with E-state index in [1.165, 1.54) is 0 Å². The van der Waals surface area contributed by atoms with Gasteiger partial charge < -0.3 is 15.2 Å². The van der Waals surface area contributed by atoms with Crippen molar-refractivity contribution in [3.63, 3.8) is 0 Å². The first kappa shape index (κ1) is 15.3. The molecule has 1 aromatic rings. The summed E-state index contributed by atoms with van der Waals surface area (Å²) in [4.78, 5) is 21.6. The lowest BCUT2D eigenvalue weighted by atomic mass is 10.2. The van der Waals surface area contributed by atoms with E-state index in [4.69, 9.17) is 16.7 Å². The van der Waals surface area contributed by atoms with Gasteiger partial charge in [0.05, 0.1) is 17.2 Å². The molecule has 8 heteroatoms. The highest BCUT2D eigenvalue weighted by Gasteiger charge is 2.14. The number of carbonyl (C=O) groups is 2. The molecule has 0 aliphatic rings. The second kappa shape index (κ2) is 7.01. The SMILES string of the molecule is O=C(O)COCCNC(=O)c1cc(F)c(Cl)cc1F. The van der Waals surface area contributed by atoms with Crippen LogP contribution in [-0.4, -0.2) is 36.7 Å². The molecule has 0 bridgehead atoms. The molecule has 0 unspecified atom stereocenters. The van der Waals surface area contributed by atoms with Crippen molar-refractivity contribution in [2.45, 2.75) is 0 Å². The van der Waals surface area contributed by atoms with Crippen LogP contribution in [0.15, 0.2) is 12.1 Å². The zero-order valence-corrected chi connectivity index (χ0v) is 10.3. The number of nitrogens with one attached hydrogen (secondary N) is 1. The number of hydrogen-bond acceptors (Lipinski definition) is 3. The molecule has 0 aromatic heterocycles. The highest BCUT2D eigenvalue weighted by molar-refractivity contribution is 6.30. The van der Waals surface area contributed by atoms with Gasteiger partial charge >= 0.3 is 5.97 Å². The molecule has 0 saturated heterocycles. The van der Waals surface area contributed by atoms with E-state index in [9.17, 15) is 18.4 Å². The number of carboxylic acids is 1. The second-order valence-corrected chi connectivity index (χ2v) is 3.86. The highest BCUT2D eigenvalue weighted by Crippen LogP contribution is 2.19. The van der Waals surface area contributed by atoms with E-state index >= 15 is 0 Å². The third kappa shape index (κ3) is 4.80. The molecule has 19 heavy (non-hydrogen) atoms. The van der Waals surface area contributed by atoms with Crippen molar-refractivity contribution < 1.29 is 28.2 Å². The fraction of sp³-hybridized carbons (Fsp3) is 0.273. The molecule has 2 N–H and O–H groups in total. The molecule has 1 aromatic carbocycles. The van der Waals surface area contributed by atoms with Gasteiger partial charge in [0.25, 0.3) is 5.91 Å². The van der Waals surface area contributed by atoms with Crippen LogP contribution in [0.1, 0.15) is 10.4 Å². The van der Waals surface area contributed by atoms with Crippen molar-refractivity contribution in [2.75, 3.05) is 19.8 Å². The van der Waals surface area contributed by atoms with Crippen LogP contribution >= 0.6 is 11.6 Å². The smallest absolute Gasteiger partial charge is 0.329 e. The molecule has 0 fully saturated rings. The van der Waals surface area contributed by atoms with E-state index in [0.29, 0.717) is 12.1 Å². The van der Waals surface area contributed by atoms with E-state index < -0.39 is 40.7 Å². The summed E-state index contributed by atoms with van der Waals surface area (Å²) in [6.07, 6.45) is 0. The summed E-state index contributed by atoms with van der Waals surface area (Å²) >= 11 is 5.34. The first-order valence-electron chi connectivity index (χ1n) is 5.14. The predicted molar refractivity (Wildman–Crippen MR) is 62.2 cm³/mol. The number of rotatable bonds is 6. The first-order chi connectivity index (χ1) is 8.91. The molecule has 0 spiro atoms. The average Bonchev–Trinajstić information content (AvgIpc) is 2.32. The third-order valence-electron chi connectivity index (χ3n) is 2.01. The fourth-order valence-electron chi connectivity index (χ4n) is 1.19. The minimum Gasteiger partial charge on any atom is -0.480 e. The lowest BCUT2D eigenvalue weighted by Gasteiger charge is -2.07. The van der Waals surface area contributed by atoms with Gasteiger partial charge in [0.2, 0.25) is 0 Å². The quantitative estimate of drug-likeness (QED) is 0.615. The predicted octanol–water partition coefficient (Wildman–Crippen LogP) is 1.45. The topological polar surface area (TPSA) is 75.6 Å². The van der Waals surface area contributed by atoms with Crippen molar-refractivity contribution in [1.29, 1.82) is 0 Å². The van der Waals surface area contributed by atoms with Crippen molar-refractivity contribution >= 4 is 23.5 Å². The summed E-state index contributed by atoms with van der Waals surface area (Å²) in [5.74, 6) is -3.84. The van der Waals surface area contributed by atoms with Crippen LogP contribution in [0, 0.1) is 11.6 Å². The Balaban J connectivity index is 2.50. The molecule has 104 valence electrons. The van der Waals surface area contributed by atoms with E-state index in [2.05, 4.69) is 10.1 Å². The summed E-state index contributed by atoms with van der Waals surface area (Å²) in [6, 6.07) is 1.39.